The summed E-state index contributed by atoms with van der Waals surface area (Å²) in [4.78, 5) is 22.6. The SMILES string of the molecule is Cc1cccc2c(=O)[nH]c(CSC3CCN(C[C@@H]4CCCN4)CC3)nc12.Cl. The summed E-state index contributed by atoms with van der Waals surface area (Å²) < 4.78 is 0. The number of H-pyrrole nitrogens is 1. The molecule has 0 spiro atoms. The smallest absolute Gasteiger partial charge is 0.258 e. The fraction of sp³-hybridized carbons (Fsp3) is 0.600. The van der Waals surface area contributed by atoms with Crippen LogP contribution in [0.3, 0.4) is 0 Å². The summed E-state index contributed by atoms with van der Waals surface area (Å²) in [6.07, 6.45) is 5.12. The second kappa shape index (κ2) is 9.41. The second-order valence-corrected chi connectivity index (χ2v) is 8.88. The van der Waals surface area contributed by atoms with E-state index in [9.17, 15) is 4.79 Å². The van der Waals surface area contributed by atoms with E-state index in [1.807, 2.05) is 36.9 Å². The molecule has 0 amide bonds. The largest absolute Gasteiger partial charge is 0.313 e. The number of nitrogens with one attached hydrogen (secondary N) is 2. The van der Waals surface area contributed by atoms with Crippen LogP contribution < -0.4 is 10.9 Å². The highest BCUT2D eigenvalue weighted by atomic mass is 35.5. The molecule has 1 atom stereocenters. The number of halogens is 1. The standard InChI is InChI=1S/C20H28N4OS.ClH/c1-14-4-2-6-17-19(14)22-18(23-20(17)25)13-26-16-7-10-24(11-8-16)12-15-5-3-9-21-15;/h2,4,6,15-16,21H,3,5,7-13H2,1H3,(H,22,23,25);1H/t15-;/m0./s1. The lowest BCUT2D eigenvalue weighted by Crippen LogP contribution is -2.42. The first-order valence-corrected chi connectivity index (χ1v) is 10.8. The van der Waals surface area contributed by atoms with Crippen molar-refractivity contribution >= 4 is 35.1 Å². The Bertz CT molecular complexity index is 813. The van der Waals surface area contributed by atoms with E-state index in [1.54, 1.807) is 0 Å². The van der Waals surface area contributed by atoms with Gasteiger partial charge >= 0.3 is 0 Å². The molecule has 1 aromatic carbocycles. The number of benzene rings is 1. The van der Waals surface area contributed by atoms with Crippen molar-refractivity contribution in [2.45, 2.75) is 49.7 Å². The Morgan fingerprint density at radius 3 is 2.81 bits per heavy atom. The molecule has 4 rings (SSSR count). The Balaban J connectivity index is 0.00000210. The third-order valence-corrected chi connectivity index (χ3v) is 7.00. The van der Waals surface area contributed by atoms with Gasteiger partial charge in [-0.1, -0.05) is 12.1 Å². The van der Waals surface area contributed by atoms with Crippen LogP contribution in [0.1, 0.15) is 37.1 Å². The third kappa shape index (κ3) is 5.05. The Morgan fingerprint density at radius 2 is 2.07 bits per heavy atom. The molecule has 0 aliphatic carbocycles. The average Bonchev–Trinajstić information content (AvgIpc) is 3.15. The number of nitrogens with zero attached hydrogens (tertiary/aromatic N) is 2. The van der Waals surface area contributed by atoms with Crippen LogP contribution >= 0.6 is 24.2 Å². The van der Waals surface area contributed by atoms with Gasteiger partial charge in [0.1, 0.15) is 5.82 Å². The van der Waals surface area contributed by atoms with Gasteiger partial charge in [0.2, 0.25) is 0 Å². The quantitative estimate of drug-likeness (QED) is 0.795. The Morgan fingerprint density at radius 1 is 1.26 bits per heavy atom. The minimum Gasteiger partial charge on any atom is -0.313 e. The number of rotatable bonds is 5. The summed E-state index contributed by atoms with van der Waals surface area (Å²) in [6, 6.07) is 6.48. The van der Waals surface area contributed by atoms with E-state index in [1.165, 1.54) is 51.9 Å². The first kappa shape index (κ1) is 20.6. The van der Waals surface area contributed by atoms with Crippen molar-refractivity contribution in [1.82, 2.24) is 20.2 Å². The molecule has 2 aliphatic heterocycles. The molecule has 0 bridgehead atoms. The van der Waals surface area contributed by atoms with Crippen molar-refractivity contribution in [3.05, 3.63) is 39.9 Å². The summed E-state index contributed by atoms with van der Waals surface area (Å²) in [7, 11) is 0. The van der Waals surface area contributed by atoms with Gasteiger partial charge < -0.3 is 15.2 Å². The third-order valence-electron chi connectivity index (χ3n) is 5.62. The van der Waals surface area contributed by atoms with Gasteiger partial charge in [0.05, 0.1) is 16.7 Å². The fourth-order valence-corrected chi connectivity index (χ4v) is 5.17. The predicted octanol–water partition coefficient (Wildman–Crippen LogP) is 3.10. The monoisotopic (exact) mass is 408 g/mol. The van der Waals surface area contributed by atoms with Gasteiger partial charge in [0.15, 0.2) is 0 Å². The molecule has 2 aromatic rings. The van der Waals surface area contributed by atoms with Crippen molar-refractivity contribution in [2.75, 3.05) is 26.2 Å². The van der Waals surface area contributed by atoms with E-state index < -0.39 is 0 Å². The van der Waals surface area contributed by atoms with Crippen molar-refractivity contribution in [3.63, 3.8) is 0 Å². The van der Waals surface area contributed by atoms with Gasteiger partial charge in [-0.3, -0.25) is 4.79 Å². The van der Waals surface area contributed by atoms with Gasteiger partial charge in [-0.05, 0) is 63.9 Å². The molecule has 5 nitrogen and oxygen atoms in total. The molecule has 0 saturated carbocycles. The molecule has 7 heteroatoms. The van der Waals surface area contributed by atoms with Crippen molar-refractivity contribution in [3.8, 4) is 0 Å². The molecular formula is C20H29ClN4OS. The number of aromatic amines is 1. The van der Waals surface area contributed by atoms with E-state index in [-0.39, 0.29) is 18.0 Å². The maximum atomic E-state index is 12.3. The van der Waals surface area contributed by atoms with Crippen LogP contribution in [0, 0.1) is 6.92 Å². The Labute approximate surface area is 171 Å². The number of fused-ring (bicyclic) bond motifs is 1. The average molecular weight is 409 g/mol. The molecule has 3 heterocycles. The molecule has 2 fully saturated rings. The highest BCUT2D eigenvalue weighted by molar-refractivity contribution is 7.99. The highest BCUT2D eigenvalue weighted by Gasteiger charge is 2.23. The summed E-state index contributed by atoms with van der Waals surface area (Å²) in [5, 5.41) is 4.95. The number of aromatic nitrogens is 2. The van der Waals surface area contributed by atoms with E-state index >= 15 is 0 Å². The highest BCUT2D eigenvalue weighted by Crippen LogP contribution is 2.26. The Kier molecular flexibility index (Phi) is 7.20. The maximum Gasteiger partial charge on any atom is 0.258 e. The summed E-state index contributed by atoms with van der Waals surface area (Å²) >= 11 is 1.94. The number of hydrogen-bond donors (Lipinski definition) is 2. The van der Waals surface area contributed by atoms with Gasteiger partial charge in [0, 0.05) is 17.8 Å². The van der Waals surface area contributed by atoms with Crippen molar-refractivity contribution in [1.29, 1.82) is 0 Å². The molecule has 2 aliphatic rings. The van der Waals surface area contributed by atoms with Gasteiger partial charge in [0.25, 0.3) is 5.56 Å². The van der Waals surface area contributed by atoms with Crippen molar-refractivity contribution in [2.24, 2.45) is 0 Å². The van der Waals surface area contributed by atoms with Crippen LogP contribution in [0.5, 0.6) is 0 Å². The van der Waals surface area contributed by atoms with E-state index in [0.717, 1.165) is 22.7 Å². The Hall–Kier alpha value is -1.08. The number of likely N-dealkylation sites (tertiary alicyclic amines) is 1. The molecule has 2 N–H and O–H groups in total. The van der Waals surface area contributed by atoms with Crippen LogP contribution in [0.2, 0.25) is 0 Å². The predicted molar refractivity (Wildman–Crippen MR) is 116 cm³/mol. The van der Waals surface area contributed by atoms with Crippen LogP contribution in [0.15, 0.2) is 23.0 Å². The molecule has 148 valence electrons. The summed E-state index contributed by atoms with van der Waals surface area (Å²) in [5.74, 6) is 1.59. The van der Waals surface area contributed by atoms with E-state index in [4.69, 9.17) is 4.98 Å². The van der Waals surface area contributed by atoms with Gasteiger partial charge in [-0.2, -0.15) is 11.8 Å². The van der Waals surface area contributed by atoms with Crippen LogP contribution in [0.4, 0.5) is 0 Å². The van der Waals surface area contributed by atoms with Crippen LogP contribution in [-0.4, -0.2) is 52.3 Å². The maximum absolute atomic E-state index is 12.3. The van der Waals surface area contributed by atoms with E-state index in [0.29, 0.717) is 16.7 Å². The number of hydrogen-bond acceptors (Lipinski definition) is 5. The zero-order valence-electron chi connectivity index (χ0n) is 15.9. The zero-order chi connectivity index (χ0) is 17.9. The topological polar surface area (TPSA) is 61.0 Å². The first-order valence-electron chi connectivity index (χ1n) is 9.75. The van der Waals surface area contributed by atoms with Gasteiger partial charge in [-0.25, -0.2) is 4.98 Å². The lowest BCUT2D eigenvalue weighted by atomic mass is 10.1. The number of piperidine rings is 1. The summed E-state index contributed by atoms with van der Waals surface area (Å²) in [5.41, 5.74) is 1.88. The molecule has 1 aromatic heterocycles. The molecule has 27 heavy (non-hydrogen) atoms. The lowest BCUT2D eigenvalue weighted by molar-refractivity contribution is 0.214. The number of aryl methyl sites for hydroxylation is 1. The lowest BCUT2D eigenvalue weighted by Gasteiger charge is -2.33. The minimum atomic E-state index is -0.0202. The van der Waals surface area contributed by atoms with E-state index in [2.05, 4.69) is 15.2 Å². The normalized spacial score (nSPS) is 21.4. The second-order valence-electron chi connectivity index (χ2n) is 7.59. The molecule has 0 unspecified atom stereocenters. The fourth-order valence-electron chi connectivity index (χ4n) is 4.10. The van der Waals surface area contributed by atoms with Crippen LogP contribution in [0.25, 0.3) is 10.9 Å². The van der Waals surface area contributed by atoms with Crippen LogP contribution in [-0.2, 0) is 5.75 Å². The molecule has 0 radical (unpaired) electrons. The minimum absolute atomic E-state index is 0. The zero-order valence-corrected chi connectivity index (χ0v) is 17.5. The molecule has 2 saturated heterocycles. The van der Waals surface area contributed by atoms with Gasteiger partial charge in [-0.15, -0.1) is 12.4 Å². The van der Waals surface area contributed by atoms with Crippen molar-refractivity contribution < 1.29 is 0 Å². The number of para-hydroxylation sites is 1. The first-order chi connectivity index (χ1) is 12.7. The summed E-state index contributed by atoms with van der Waals surface area (Å²) in [6.45, 7) is 6.79. The number of thioether (sulfide) groups is 1. The molecular weight excluding hydrogens is 380 g/mol.